The Balaban J connectivity index is 1.50. The van der Waals surface area contributed by atoms with E-state index < -0.39 is 60.0 Å². The number of para-hydroxylation sites is 3. The van der Waals surface area contributed by atoms with Gasteiger partial charge >= 0.3 is 23.9 Å². The molecule has 1 aliphatic rings. The minimum Gasteiger partial charge on any atom is -0.496 e. The van der Waals surface area contributed by atoms with Crippen LogP contribution in [0.1, 0.15) is 41.4 Å². The molecular weight excluding hydrogens is 670 g/mol. The Labute approximate surface area is 290 Å². The molecule has 4 atom stereocenters. The lowest BCUT2D eigenvalue weighted by Crippen LogP contribution is -2.43. The lowest BCUT2D eigenvalue weighted by molar-refractivity contribution is -0.384. The Kier molecular flexibility index (Phi) is 11.4. The zero-order valence-corrected chi connectivity index (χ0v) is 27.4. The Bertz CT molecular complexity index is 1910. The average Bonchev–Trinajstić information content (AvgIpc) is 3.47. The summed E-state index contributed by atoms with van der Waals surface area (Å²) in [6, 6.07) is 23.1. The van der Waals surface area contributed by atoms with Crippen LogP contribution in [0.2, 0.25) is 0 Å². The van der Waals surface area contributed by atoms with Crippen LogP contribution < -0.4 is 14.2 Å². The van der Waals surface area contributed by atoms with Gasteiger partial charge in [0.25, 0.3) is 5.69 Å². The van der Waals surface area contributed by atoms with E-state index >= 15 is 0 Å². The number of carbonyl (C=O) groups is 4. The van der Waals surface area contributed by atoms with Gasteiger partial charge in [0.1, 0.15) is 46.6 Å². The van der Waals surface area contributed by atoms with Gasteiger partial charge in [0.2, 0.25) is 12.4 Å². The van der Waals surface area contributed by atoms with Gasteiger partial charge in [-0.15, -0.1) is 0 Å². The minimum atomic E-state index is -1.73. The van der Waals surface area contributed by atoms with Crippen molar-refractivity contribution in [2.75, 3.05) is 27.9 Å². The zero-order valence-electron chi connectivity index (χ0n) is 27.4. The van der Waals surface area contributed by atoms with Gasteiger partial charge in [-0.1, -0.05) is 36.4 Å². The van der Waals surface area contributed by atoms with Crippen molar-refractivity contribution in [3.05, 3.63) is 129 Å². The minimum absolute atomic E-state index is 0.000297. The molecule has 1 aliphatic heterocycles. The van der Waals surface area contributed by atoms with Crippen molar-refractivity contribution in [3.63, 3.8) is 0 Å². The van der Waals surface area contributed by atoms with Crippen LogP contribution in [-0.4, -0.2) is 81.3 Å². The number of nitrogens with zero attached hydrogens (tertiary/aromatic N) is 1. The van der Waals surface area contributed by atoms with Gasteiger partial charge in [-0.05, 0) is 48.5 Å². The number of ether oxygens (including phenoxy) is 8. The second-order valence-corrected chi connectivity index (χ2v) is 10.7. The van der Waals surface area contributed by atoms with Crippen LogP contribution >= 0.6 is 0 Å². The molecule has 51 heavy (non-hydrogen) atoms. The normalized spacial score (nSPS) is 17.8. The molecule has 15 nitrogen and oxygen atoms in total. The van der Waals surface area contributed by atoms with Crippen LogP contribution in [0.5, 0.6) is 17.2 Å². The van der Waals surface area contributed by atoms with E-state index in [0.717, 1.165) is 24.3 Å². The molecule has 15 heteroatoms. The first-order chi connectivity index (χ1) is 24.6. The second kappa shape index (κ2) is 16.3. The Morgan fingerprint density at radius 1 is 0.608 bits per heavy atom. The maximum atomic E-state index is 13.6. The predicted molar refractivity (Wildman–Crippen MR) is 175 cm³/mol. The van der Waals surface area contributed by atoms with Crippen molar-refractivity contribution in [2.24, 2.45) is 0 Å². The number of nitro benzene ring substituents is 1. The number of benzene rings is 4. The van der Waals surface area contributed by atoms with Gasteiger partial charge < -0.3 is 37.9 Å². The number of carbonyl (C=O) groups excluding carboxylic acids is 4. The van der Waals surface area contributed by atoms with E-state index in [1.54, 1.807) is 42.5 Å². The highest BCUT2D eigenvalue weighted by molar-refractivity contribution is 5.94. The smallest absolute Gasteiger partial charge is 0.344 e. The molecule has 1 heterocycles. The van der Waals surface area contributed by atoms with Crippen LogP contribution in [0.25, 0.3) is 0 Å². The summed E-state index contributed by atoms with van der Waals surface area (Å²) in [5, 5.41) is 11.2. The number of nitro groups is 1. The molecule has 0 bridgehead atoms. The summed E-state index contributed by atoms with van der Waals surface area (Å²) in [4.78, 5) is 64.1. The Hall–Kier alpha value is -6.48. The van der Waals surface area contributed by atoms with Gasteiger partial charge in [-0.2, -0.15) is 0 Å². The first-order valence-corrected chi connectivity index (χ1v) is 15.2. The van der Waals surface area contributed by atoms with E-state index in [1.165, 1.54) is 51.7 Å². The van der Waals surface area contributed by atoms with Gasteiger partial charge in [0.05, 0.1) is 31.8 Å². The van der Waals surface area contributed by atoms with E-state index in [0.29, 0.717) is 0 Å². The summed E-state index contributed by atoms with van der Waals surface area (Å²) < 4.78 is 44.7. The highest BCUT2D eigenvalue weighted by Gasteiger charge is 2.53. The second-order valence-electron chi connectivity index (χ2n) is 10.7. The van der Waals surface area contributed by atoms with E-state index in [2.05, 4.69) is 0 Å². The maximum absolute atomic E-state index is 13.6. The highest BCUT2D eigenvalue weighted by Crippen LogP contribution is 2.33. The van der Waals surface area contributed by atoms with Crippen molar-refractivity contribution < 1.29 is 62.0 Å². The number of rotatable bonds is 13. The first kappa shape index (κ1) is 35.8. The van der Waals surface area contributed by atoms with Crippen LogP contribution in [0.15, 0.2) is 97.1 Å². The third-order valence-electron chi connectivity index (χ3n) is 7.65. The molecular formula is C36H31NO14. The molecule has 0 N–H and O–H groups in total. The van der Waals surface area contributed by atoms with E-state index in [1.807, 2.05) is 0 Å². The molecule has 0 amide bonds. The summed E-state index contributed by atoms with van der Waals surface area (Å²) in [6.07, 6.45) is -6.30. The fourth-order valence-corrected chi connectivity index (χ4v) is 5.13. The molecule has 0 spiro atoms. The number of hydrogen-bond acceptors (Lipinski definition) is 14. The standard InChI is InChI=1S/C36H31NO14/c1-44-26-13-7-4-10-23(26)33(39)47-20-29-30(49-34(40)24-11-5-8-14-27(24)45-2)31(50-32(38)21-16-18-22(19-17-21)37(42)43)36(48-29)51-35(41)25-12-6-9-15-28(25)46-3/h4-19,29-31,36H,20H2,1-3H3. The number of non-ortho nitro benzene ring substituents is 1. The number of methoxy groups -OCH3 is 3. The van der Waals surface area contributed by atoms with Gasteiger partial charge in [-0.25, -0.2) is 19.2 Å². The molecule has 1 saturated heterocycles. The third kappa shape index (κ3) is 8.22. The lowest BCUT2D eigenvalue weighted by atomic mass is 10.1. The maximum Gasteiger partial charge on any atom is 0.344 e. The summed E-state index contributed by atoms with van der Waals surface area (Å²) in [5.74, 6) is -3.17. The van der Waals surface area contributed by atoms with Crippen LogP contribution in [-0.2, 0) is 23.7 Å². The average molecular weight is 702 g/mol. The highest BCUT2D eigenvalue weighted by atomic mass is 16.8. The molecule has 0 aromatic heterocycles. The summed E-state index contributed by atoms with van der Waals surface area (Å²) >= 11 is 0. The van der Waals surface area contributed by atoms with E-state index in [-0.39, 0.29) is 45.2 Å². The molecule has 264 valence electrons. The zero-order chi connectivity index (χ0) is 36.5. The third-order valence-corrected chi connectivity index (χ3v) is 7.65. The first-order valence-electron chi connectivity index (χ1n) is 15.2. The summed E-state index contributed by atoms with van der Waals surface area (Å²) in [7, 11) is 4.09. The van der Waals surface area contributed by atoms with Crippen molar-refractivity contribution in [2.45, 2.75) is 24.6 Å². The van der Waals surface area contributed by atoms with Crippen molar-refractivity contribution in [1.82, 2.24) is 0 Å². The monoisotopic (exact) mass is 701 g/mol. The molecule has 4 aromatic rings. The van der Waals surface area contributed by atoms with Gasteiger partial charge in [-0.3, -0.25) is 10.1 Å². The summed E-state index contributed by atoms with van der Waals surface area (Å²) in [6.45, 7) is -0.574. The van der Waals surface area contributed by atoms with Gasteiger partial charge in [0.15, 0.2) is 6.10 Å². The van der Waals surface area contributed by atoms with Crippen molar-refractivity contribution in [3.8, 4) is 17.2 Å². The molecule has 1 fully saturated rings. The van der Waals surface area contributed by atoms with Crippen LogP contribution in [0.4, 0.5) is 5.69 Å². The van der Waals surface area contributed by atoms with Crippen molar-refractivity contribution in [1.29, 1.82) is 0 Å². The molecule has 4 aromatic carbocycles. The Morgan fingerprint density at radius 3 is 1.55 bits per heavy atom. The molecule has 0 aliphatic carbocycles. The fraction of sp³-hybridized carbons (Fsp3) is 0.222. The predicted octanol–water partition coefficient (Wildman–Crippen LogP) is 4.81. The quantitative estimate of drug-likeness (QED) is 0.0800. The molecule has 4 unspecified atom stereocenters. The number of hydrogen-bond donors (Lipinski definition) is 0. The molecule has 5 rings (SSSR count). The van der Waals surface area contributed by atoms with Crippen LogP contribution in [0, 0.1) is 10.1 Å². The largest absolute Gasteiger partial charge is 0.496 e. The summed E-state index contributed by atoms with van der Waals surface area (Å²) in [5.41, 5.74) is -0.311. The molecule has 0 radical (unpaired) electrons. The van der Waals surface area contributed by atoms with Crippen LogP contribution in [0.3, 0.4) is 0 Å². The SMILES string of the molecule is COc1ccccc1C(=O)OCC1OC(OC(=O)c2ccccc2OC)C(OC(=O)c2ccc([N+](=O)[O-])cc2)C1OC(=O)c1ccccc1OC. The van der Waals surface area contributed by atoms with Crippen molar-refractivity contribution >= 4 is 29.6 Å². The van der Waals surface area contributed by atoms with Gasteiger partial charge in [0, 0.05) is 12.1 Å². The van der Waals surface area contributed by atoms with E-state index in [9.17, 15) is 29.3 Å². The lowest BCUT2D eigenvalue weighted by Gasteiger charge is -2.24. The fourth-order valence-electron chi connectivity index (χ4n) is 5.13. The Morgan fingerprint density at radius 2 is 1.06 bits per heavy atom. The molecule has 0 saturated carbocycles. The number of esters is 4. The van der Waals surface area contributed by atoms with E-state index in [4.69, 9.17) is 37.9 Å². The topological polar surface area (TPSA) is 185 Å².